The third-order valence-corrected chi connectivity index (χ3v) is 5.17. The van der Waals surface area contributed by atoms with Crippen molar-refractivity contribution in [2.45, 2.75) is 38.6 Å². The quantitative estimate of drug-likeness (QED) is 0.900. The predicted molar refractivity (Wildman–Crippen MR) is 84.7 cm³/mol. The molecular formula is C15H20N2O3S. The van der Waals surface area contributed by atoms with Crippen LogP contribution >= 0.6 is 11.8 Å². The number of aliphatic carboxylic acids is 1. The maximum atomic E-state index is 12.4. The zero-order chi connectivity index (χ0) is 15.6. The van der Waals surface area contributed by atoms with Gasteiger partial charge in [-0.15, -0.1) is 11.8 Å². The summed E-state index contributed by atoms with van der Waals surface area (Å²) in [7, 11) is 0. The van der Waals surface area contributed by atoms with Gasteiger partial charge in [-0.1, -0.05) is 13.0 Å². The molecule has 5 nitrogen and oxygen atoms in total. The van der Waals surface area contributed by atoms with Crippen LogP contribution in [0.4, 0.5) is 10.5 Å². The lowest BCUT2D eigenvalue weighted by atomic mass is 10.1. The molecule has 0 aromatic heterocycles. The Labute approximate surface area is 128 Å². The minimum absolute atomic E-state index is 0.0855. The van der Waals surface area contributed by atoms with E-state index in [0.29, 0.717) is 11.4 Å². The molecule has 0 bridgehead atoms. The third kappa shape index (κ3) is 3.32. The van der Waals surface area contributed by atoms with E-state index in [-0.39, 0.29) is 11.4 Å². The van der Waals surface area contributed by atoms with Gasteiger partial charge in [-0.25, -0.2) is 9.59 Å². The fourth-order valence-electron chi connectivity index (χ4n) is 2.35. The van der Waals surface area contributed by atoms with Crippen molar-refractivity contribution in [1.82, 2.24) is 4.90 Å². The van der Waals surface area contributed by atoms with E-state index in [9.17, 15) is 14.7 Å². The third-order valence-electron chi connectivity index (χ3n) is 3.72. The summed E-state index contributed by atoms with van der Waals surface area (Å²) in [6.45, 7) is 5.94. The van der Waals surface area contributed by atoms with Gasteiger partial charge in [0.1, 0.15) is 6.04 Å². The molecule has 2 unspecified atom stereocenters. The number of benzene rings is 1. The molecule has 0 saturated carbocycles. The predicted octanol–water partition coefficient (Wildman–Crippen LogP) is 3.07. The molecule has 1 aromatic carbocycles. The molecule has 21 heavy (non-hydrogen) atoms. The number of urea groups is 1. The molecule has 0 spiro atoms. The molecule has 2 rings (SSSR count). The van der Waals surface area contributed by atoms with Crippen molar-refractivity contribution in [3.8, 4) is 0 Å². The largest absolute Gasteiger partial charge is 0.480 e. The number of carboxylic acids is 1. The van der Waals surface area contributed by atoms with Crippen molar-refractivity contribution in [3.63, 3.8) is 0 Å². The number of thioether (sulfide) groups is 1. The Balaban J connectivity index is 2.16. The number of rotatable bonds is 3. The molecule has 0 aliphatic carbocycles. The first-order chi connectivity index (χ1) is 9.93. The van der Waals surface area contributed by atoms with Gasteiger partial charge in [0.05, 0.1) is 5.37 Å². The van der Waals surface area contributed by atoms with E-state index in [2.05, 4.69) is 5.32 Å². The lowest BCUT2D eigenvalue weighted by Crippen LogP contribution is -2.47. The van der Waals surface area contributed by atoms with Crippen LogP contribution in [-0.2, 0) is 4.79 Å². The number of hydrogen-bond acceptors (Lipinski definition) is 3. The molecule has 1 heterocycles. The summed E-state index contributed by atoms with van der Waals surface area (Å²) < 4.78 is 0. The van der Waals surface area contributed by atoms with E-state index >= 15 is 0 Å². The van der Waals surface area contributed by atoms with E-state index < -0.39 is 12.0 Å². The van der Waals surface area contributed by atoms with Crippen LogP contribution in [0.15, 0.2) is 18.2 Å². The fourth-order valence-corrected chi connectivity index (χ4v) is 3.69. The Bertz CT molecular complexity index is 562. The zero-order valence-electron chi connectivity index (χ0n) is 12.4. The molecule has 2 amide bonds. The van der Waals surface area contributed by atoms with E-state index in [4.69, 9.17) is 0 Å². The highest BCUT2D eigenvalue weighted by atomic mass is 32.2. The Morgan fingerprint density at radius 2 is 2.10 bits per heavy atom. The number of amides is 2. The summed E-state index contributed by atoms with van der Waals surface area (Å²) in [5.41, 5.74) is 2.93. The van der Waals surface area contributed by atoms with Gasteiger partial charge in [-0.3, -0.25) is 4.90 Å². The van der Waals surface area contributed by atoms with Gasteiger partial charge in [-0.05, 0) is 43.5 Å². The van der Waals surface area contributed by atoms with Crippen molar-refractivity contribution < 1.29 is 14.7 Å². The summed E-state index contributed by atoms with van der Waals surface area (Å²) in [4.78, 5) is 25.2. The number of carbonyl (C=O) groups is 2. The summed E-state index contributed by atoms with van der Waals surface area (Å²) in [6.07, 6.45) is 0.731. The molecule has 1 aliphatic rings. The summed E-state index contributed by atoms with van der Waals surface area (Å²) >= 11 is 1.52. The first kappa shape index (κ1) is 15.7. The zero-order valence-corrected chi connectivity index (χ0v) is 13.2. The van der Waals surface area contributed by atoms with E-state index in [0.717, 1.165) is 17.5 Å². The topological polar surface area (TPSA) is 69.6 Å². The highest BCUT2D eigenvalue weighted by molar-refractivity contribution is 8.00. The molecule has 6 heteroatoms. The lowest BCUT2D eigenvalue weighted by molar-refractivity contribution is -0.141. The highest BCUT2D eigenvalue weighted by Crippen LogP contribution is 2.32. The normalized spacial score (nSPS) is 21.4. The van der Waals surface area contributed by atoms with Gasteiger partial charge >= 0.3 is 12.0 Å². The highest BCUT2D eigenvalue weighted by Gasteiger charge is 2.40. The molecule has 1 fully saturated rings. The summed E-state index contributed by atoms with van der Waals surface area (Å²) in [5.74, 6) is -0.512. The van der Waals surface area contributed by atoms with E-state index in [1.807, 2.05) is 39.0 Å². The minimum atomic E-state index is -0.950. The maximum absolute atomic E-state index is 12.4. The smallest absolute Gasteiger partial charge is 0.327 e. The minimum Gasteiger partial charge on any atom is -0.480 e. The maximum Gasteiger partial charge on any atom is 0.327 e. The van der Waals surface area contributed by atoms with Gasteiger partial charge in [-0.2, -0.15) is 0 Å². The fraction of sp³-hybridized carbons (Fsp3) is 0.467. The van der Waals surface area contributed by atoms with Crippen LogP contribution in [-0.4, -0.2) is 39.2 Å². The molecule has 114 valence electrons. The van der Waals surface area contributed by atoms with Crippen LogP contribution in [0.1, 0.15) is 24.5 Å². The van der Waals surface area contributed by atoms with Crippen LogP contribution in [0, 0.1) is 13.8 Å². The molecule has 1 saturated heterocycles. The van der Waals surface area contributed by atoms with Crippen molar-refractivity contribution in [2.75, 3.05) is 11.1 Å². The molecular weight excluding hydrogens is 288 g/mol. The van der Waals surface area contributed by atoms with Gasteiger partial charge in [0.2, 0.25) is 0 Å². The van der Waals surface area contributed by atoms with Crippen molar-refractivity contribution in [3.05, 3.63) is 29.3 Å². The average molecular weight is 308 g/mol. The second-order valence-electron chi connectivity index (χ2n) is 5.19. The first-order valence-corrected chi connectivity index (χ1v) is 8.00. The Morgan fingerprint density at radius 3 is 2.67 bits per heavy atom. The molecule has 1 aliphatic heterocycles. The molecule has 2 atom stereocenters. The van der Waals surface area contributed by atoms with Crippen LogP contribution in [0.3, 0.4) is 0 Å². The van der Waals surface area contributed by atoms with Gasteiger partial charge in [0, 0.05) is 11.4 Å². The summed E-state index contributed by atoms with van der Waals surface area (Å²) in [5, 5.41) is 12.0. The van der Waals surface area contributed by atoms with Crippen LogP contribution in [0.2, 0.25) is 0 Å². The molecule has 1 aromatic rings. The molecule has 0 radical (unpaired) electrons. The second kappa shape index (κ2) is 6.39. The van der Waals surface area contributed by atoms with Crippen LogP contribution in [0.5, 0.6) is 0 Å². The van der Waals surface area contributed by atoms with Crippen LogP contribution in [0.25, 0.3) is 0 Å². The Hall–Kier alpha value is -1.69. The number of nitrogens with zero attached hydrogens (tertiary/aromatic N) is 1. The van der Waals surface area contributed by atoms with Crippen LogP contribution < -0.4 is 5.32 Å². The van der Waals surface area contributed by atoms with Crippen molar-refractivity contribution in [1.29, 1.82) is 0 Å². The van der Waals surface area contributed by atoms with Crippen molar-refractivity contribution >= 4 is 29.4 Å². The number of hydrogen-bond donors (Lipinski definition) is 2. The lowest BCUT2D eigenvalue weighted by Gasteiger charge is -2.26. The number of nitrogens with one attached hydrogen (secondary N) is 1. The average Bonchev–Trinajstić information content (AvgIpc) is 2.87. The summed E-state index contributed by atoms with van der Waals surface area (Å²) in [6, 6.07) is 4.57. The van der Waals surface area contributed by atoms with E-state index in [1.54, 1.807) is 0 Å². The molecule has 2 N–H and O–H groups in total. The number of carboxylic acid groups (broad SMARTS) is 1. The number of aryl methyl sites for hydroxylation is 2. The van der Waals surface area contributed by atoms with Gasteiger partial charge < -0.3 is 10.4 Å². The monoisotopic (exact) mass is 308 g/mol. The Kier molecular flexibility index (Phi) is 4.77. The van der Waals surface area contributed by atoms with Gasteiger partial charge in [0.15, 0.2) is 0 Å². The first-order valence-electron chi connectivity index (χ1n) is 6.95. The standard InChI is InChI=1S/C15H20N2O3S/c1-4-13-17(12(8-21-13)14(18)19)15(20)16-11-6-5-9(2)10(3)7-11/h5-7,12-13H,4,8H2,1-3H3,(H,16,20)(H,18,19). The number of carbonyl (C=O) groups excluding carboxylic acids is 1. The SMILES string of the molecule is CCC1SCC(C(=O)O)N1C(=O)Nc1ccc(C)c(C)c1. The Morgan fingerprint density at radius 1 is 1.38 bits per heavy atom. The second-order valence-corrected chi connectivity index (χ2v) is 6.40. The van der Waals surface area contributed by atoms with E-state index in [1.165, 1.54) is 16.7 Å². The number of anilines is 1. The van der Waals surface area contributed by atoms with Crippen molar-refractivity contribution in [2.24, 2.45) is 0 Å². The van der Waals surface area contributed by atoms with Gasteiger partial charge in [0.25, 0.3) is 0 Å².